The fourth-order valence-corrected chi connectivity index (χ4v) is 1.85. The molecule has 0 saturated heterocycles. The van der Waals surface area contributed by atoms with Crippen LogP contribution in [0, 0.1) is 0 Å². The van der Waals surface area contributed by atoms with Crippen molar-refractivity contribution in [1.29, 1.82) is 0 Å². The van der Waals surface area contributed by atoms with Crippen LogP contribution < -0.4 is 0 Å². The normalized spacial score (nSPS) is 12.8. The monoisotopic (exact) mass is 263 g/mol. The molecule has 0 aliphatic carbocycles. The van der Waals surface area contributed by atoms with Crippen LogP contribution in [0.3, 0.4) is 0 Å². The third kappa shape index (κ3) is 2.84. The highest BCUT2D eigenvalue weighted by molar-refractivity contribution is 5.90. The average molecular weight is 263 g/mol. The number of hydrogen-bond donors (Lipinski definition) is 0. The van der Waals surface area contributed by atoms with Gasteiger partial charge in [-0.05, 0) is 19.1 Å². The zero-order valence-electron chi connectivity index (χ0n) is 10.3. The van der Waals surface area contributed by atoms with Gasteiger partial charge in [0.15, 0.2) is 0 Å². The van der Waals surface area contributed by atoms with Crippen LogP contribution in [0.15, 0.2) is 48.7 Å². The van der Waals surface area contributed by atoms with Crippen molar-refractivity contribution in [3.8, 4) is 0 Å². The molecule has 0 N–H and O–H groups in total. The molecule has 0 aliphatic rings. The molecular formula is C15H12F3N. The van der Waals surface area contributed by atoms with Crippen LogP contribution in [0.1, 0.15) is 18.1 Å². The smallest absolute Gasteiger partial charge is 0.256 e. The Morgan fingerprint density at radius 2 is 1.89 bits per heavy atom. The molecule has 0 aliphatic heterocycles. The van der Waals surface area contributed by atoms with Crippen molar-refractivity contribution >= 4 is 17.0 Å². The minimum absolute atomic E-state index is 0.123. The second-order valence-electron chi connectivity index (χ2n) is 3.98. The van der Waals surface area contributed by atoms with E-state index in [2.05, 4.69) is 4.98 Å². The van der Waals surface area contributed by atoms with Crippen molar-refractivity contribution < 1.29 is 13.2 Å². The zero-order valence-corrected chi connectivity index (χ0v) is 10.3. The van der Waals surface area contributed by atoms with Gasteiger partial charge in [0.25, 0.3) is 0 Å². The molecule has 1 aromatic heterocycles. The number of allylic oxidation sites excluding steroid dienone is 3. The van der Waals surface area contributed by atoms with Crippen LogP contribution in [0.4, 0.5) is 13.2 Å². The highest BCUT2D eigenvalue weighted by Gasteiger charge is 2.32. The number of aromatic nitrogens is 1. The van der Waals surface area contributed by atoms with E-state index in [1.54, 1.807) is 12.2 Å². The van der Waals surface area contributed by atoms with E-state index < -0.39 is 11.7 Å². The number of pyridine rings is 1. The van der Waals surface area contributed by atoms with Gasteiger partial charge in [-0.25, -0.2) is 0 Å². The molecule has 2 aromatic rings. The molecule has 0 unspecified atom stereocenters. The van der Waals surface area contributed by atoms with Gasteiger partial charge in [0.1, 0.15) is 0 Å². The lowest BCUT2D eigenvalue weighted by Crippen LogP contribution is -2.06. The van der Waals surface area contributed by atoms with Crippen LogP contribution in [0.2, 0.25) is 0 Å². The summed E-state index contributed by atoms with van der Waals surface area (Å²) >= 11 is 0. The van der Waals surface area contributed by atoms with Crippen molar-refractivity contribution in [1.82, 2.24) is 4.98 Å². The van der Waals surface area contributed by atoms with E-state index in [0.29, 0.717) is 11.1 Å². The largest absolute Gasteiger partial charge is 0.417 e. The van der Waals surface area contributed by atoms with Crippen LogP contribution in [-0.4, -0.2) is 4.98 Å². The zero-order chi connectivity index (χ0) is 13.9. The summed E-state index contributed by atoms with van der Waals surface area (Å²) in [4.78, 5) is 4.06. The van der Waals surface area contributed by atoms with Gasteiger partial charge in [-0.1, -0.05) is 36.4 Å². The molecule has 1 heterocycles. The van der Waals surface area contributed by atoms with Crippen molar-refractivity contribution in [2.75, 3.05) is 0 Å². The molecule has 4 heteroatoms. The maximum atomic E-state index is 12.9. The summed E-state index contributed by atoms with van der Waals surface area (Å²) in [7, 11) is 0. The Kier molecular flexibility index (Phi) is 3.69. The fourth-order valence-electron chi connectivity index (χ4n) is 1.85. The summed E-state index contributed by atoms with van der Waals surface area (Å²) in [6.45, 7) is 1.87. The summed E-state index contributed by atoms with van der Waals surface area (Å²) in [6.07, 6.45) is 4.30. The summed E-state index contributed by atoms with van der Waals surface area (Å²) in [6, 6.07) is 5.49. The Hall–Kier alpha value is -2.10. The van der Waals surface area contributed by atoms with Crippen molar-refractivity contribution in [3.63, 3.8) is 0 Å². The lowest BCUT2D eigenvalue weighted by atomic mass is 10.0. The Morgan fingerprint density at radius 1 is 1.11 bits per heavy atom. The number of nitrogens with zero attached hydrogens (tertiary/aromatic N) is 1. The second-order valence-corrected chi connectivity index (χ2v) is 3.98. The number of rotatable bonds is 2. The number of hydrogen-bond acceptors (Lipinski definition) is 1. The summed E-state index contributed by atoms with van der Waals surface area (Å²) in [5, 5.41) is 0.123. The SMILES string of the molecule is C/C=C\C=C\c1ccc(C(F)(F)F)c2cccnc12. The topological polar surface area (TPSA) is 12.9 Å². The van der Waals surface area contributed by atoms with Gasteiger partial charge in [-0.3, -0.25) is 4.98 Å². The molecule has 19 heavy (non-hydrogen) atoms. The van der Waals surface area contributed by atoms with Gasteiger partial charge in [0, 0.05) is 17.1 Å². The maximum absolute atomic E-state index is 12.9. The standard InChI is InChI=1S/C15H12F3N/c1-2-3-4-6-11-8-9-13(15(16,17)18)12-7-5-10-19-14(11)12/h2-10H,1H3/b3-2-,6-4+. The molecule has 98 valence electrons. The molecule has 0 atom stereocenters. The summed E-state index contributed by atoms with van der Waals surface area (Å²) in [5.41, 5.74) is 0.374. The molecule has 0 amide bonds. The van der Waals surface area contributed by atoms with E-state index in [4.69, 9.17) is 0 Å². The van der Waals surface area contributed by atoms with Gasteiger partial charge in [-0.15, -0.1) is 0 Å². The Balaban J connectivity index is 2.65. The van der Waals surface area contributed by atoms with Gasteiger partial charge in [0.05, 0.1) is 11.1 Å². The number of fused-ring (bicyclic) bond motifs is 1. The first-order chi connectivity index (χ1) is 9.04. The molecule has 0 bridgehead atoms. The van der Waals surface area contributed by atoms with E-state index in [0.717, 1.165) is 6.07 Å². The molecule has 0 radical (unpaired) electrons. The minimum Gasteiger partial charge on any atom is -0.256 e. The fraction of sp³-hybridized carbons (Fsp3) is 0.133. The maximum Gasteiger partial charge on any atom is 0.417 e. The Bertz CT molecular complexity index is 639. The lowest BCUT2D eigenvalue weighted by molar-refractivity contribution is -0.136. The first-order valence-electron chi connectivity index (χ1n) is 5.78. The van der Waals surface area contributed by atoms with E-state index in [1.807, 2.05) is 19.1 Å². The molecule has 1 aromatic carbocycles. The Morgan fingerprint density at radius 3 is 2.58 bits per heavy atom. The van der Waals surface area contributed by atoms with Crippen LogP contribution in [-0.2, 0) is 6.18 Å². The predicted molar refractivity (Wildman–Crippen MR) is 70.6 cm³/mol. The van der Waals surface area contributed by atoms with Crippen LogP contribution in [0.25, 0.3) is 17.0 Å². The molecular weight excluding hydrogens is 251 g/mol. The first-order valence-corrected chi connectivity index (χ1v) is 5.78. The molecule has 0 fully saturated rings. The lowest BCUT2D eigenvalue weighted by Gasteiger charge is -2.11. The van der Waals surface area contributed by atoms with E-state index >= 15 is 0 Å². The predicted octanol–water partition coefficient (Wildman–Crippen LogP) is 4.84. The molecule has 2 rings (SSSR count). The molecule has 0 saturated carbocycles. The van der Waals surface area contributed by atoms with E-state index in [9.17, 15) is 13.2 Å². The molecule has 1 nitrogen and oxygen atoms in total. The van der Waals surface area contributed by atoms with Crippen molar-refractivity contribution in [3.05, 3.63) is 59.8 Å². The van der Waals surface area contributed by atoms with E-state index in [1.165, 1.54) is 24.4 Å². The Labute approximate surface area is 109 Å². The third-order valence-corrected chi connectivity index (χ3v) is 2.69. The van der Waals surface area contributed by atoms with Gasteiger partial charge in [0.2, 0.25) is 0 Å². The van der Waals surface area contributed by atoms with Gasteiger partial charge < -0.3 is 0 Å². The number of benzene rings is 1. The average Bonchev–Trinajstić information content (AvgIpc) is 2.37. The van der Waals surface area contributed by atoms with Crippen LogP contribution >= 0.6 is 0 Å². The number of alkyl halides is 3. The molecule has 0 spiro atoms. The minimum atomic E-state index is -4.37. The van der Waals surface area contributed by atoms with Crippen LogP contribution in [0.5, 0.6) is 0 Å². The number of halogens is 3. The van der Waals surface area contributed by atoms with E-state index in [-0.39, 0.29) is 5.39 Å². The second kappa shape index (κ2) is 5.26. The summed E-state index contributed by atoms with van der Waals surface area (Å²) < 4.78 is 38.7. The quantitative estimate of drug-likeness (QED) is 0.706. The summed E-state index contributed by atoms with van der Waals surface area (Å²) in [5.74, 6) is 0. The highest BCUT2D eigenvalue weighted by Crippen LogP contribution is 2.35. The van der Waals surface area contributed by atoms with Crippen molar-refractivity contribution in [2.24, 2.45) is 0 Å². The van der Waals surface area contributed by atoms with Gasteiger partial charge >= 0.3 is 6.18 Å². The van der Waals surface area contributed by atoms with Crippen molar-refractivity contribution in [2.45, 2.75) is 13.1 Å². The van der Waals surface area contributed by atoms with Gasteiger partial charge in [-0.2, -0.15) is 13.2 Å². The first kappa shape index (κ1) is 13.3. The highest BCUT2D eigenvalue weighted by atomic mass is 19.4. The third-order valence-electron chi connectivity index (χ3n) is 2.69.